The number of para-hydroxylation sites is 2. The first-order valence-corrected chi connectivity index (χ1v) is 7.06. The number of nitro benzene ring substituents is 1. The van der Waals surface area contributed by atoms with Gasteiger partial charge in [-0.3, -0.25) is 14.9 Å². The molecule has 9 nitrogen and oxygen atoms in total. The molecule has 0 aromatic heterocycles. The first-order chi connectivity index (χ1) is 12.0. The van der Waals surface area contributed by atoms with Crippen molar-refractivity contribution < 1.29 is 24.3 Å². The van der Waals surface area contributed by atoms with Crippen LogP contribution in [0.4, 0.5) is 5.69 Å². The molecule has 0 aliphatic carbocycles. The Bertz CT molecular complexity index is 806. The monoisotopic (exact) mass is 345 g/mol. The number of nitrogens with one attached hydrogen (secondary N) is 1. The maximum atomic E-state index is 11.7. The summed E-state index contributed by atoms with van der Waals surface area (Å²) in [7, 11) is 1.48. The van der Waals surface area contributed by atoms with Crippen molar-refractivity contribution in [2.75, 3.05) is 13.7 Å². The van der Waals surface area contributed by atoms with E-state index in [2.05, 4.69) is 10.5 Å². The molecule has 1 amide bonds. The lowest BCUT2D eigenvalue weighted by atomic mass is 10.2. The van der Waals surface area contributed by atoms with Crippen LogP contribution in [-0.4, -0.2) is 35.9 Å². The van der Waals surface area contributed by atoms with Crippen molar-refractivity contribution in [3.05, 3.63) is 58.1 Å². The van der Waals surface area contributed by atoms with Gasteiger partial charge < -0.3 is 14.6 Å². The number of benzene rings is 2. The summed E-state index contributed by atoms with van der Waals surface area (Å²) in [6, 6.07) is 10.3. The Morgan fingerprint density at radius 1 is 1.32 bits per heavy atom. The van der Waals surface area contributed by atoms with Crippen LogP contribution in [0.5, 0.6) is 17.2 Å². The SMILES string of the molecule is COc1ccccc1OCC(=O)N/N=C/c1cc([N+](=O)[O-])ccc1O. The molecule has 0 saturated heterocycles. The van der Waals surface area contributed by atoms with Gasteiger partial charge in [0.2, 0.25) is 0 Å². The molecule has 0 spiro atoms. The lowest BCUT2D eigenvalue weighted by Crippen LogP contribution is -2.24. The molecule has 130 valence electrons. The Morgan fingerprint density at radius 3 is 2.72 bits per heavy atom. The smallest absolute Gasteiger partial charge is 0.277 e. The third-order valence-electron chi connectivity index (χ3n) is 3.04. The molecule has 0 atom stereocenters. The molecule has 0 bridgehead atoms. The molecule has 0 unspecified atom stereocenters. The number of phenols is 1. The molecule has 25 heavy (non-hydrogen) atoms. The van der Waals surface area contributed by atoms with Gasteiger partial charge >= 0.3 is 0 Å². The van der Waals surface area contributed by atoms with Gasteiger partial charge in [0.1, 0.15) is 5.75 Å². The van der Waals surface area contributed by atoms with Crippen LogP contribution in [0.2, 0.25) is 0 Å². The van der Waals surface area contributed by atoms with Gasteiger partial charge in [0, 0.05) is 17.7 Å². The first kappa shape index (κ1) is 17.7. The lowest BCUT2D eigenvalue weighted by Gasteiger charge is -2.09. The minimum absolute atomic E-state index is 0.0974. The molecule has 2 N–H and O–H groups in total. The number of aromatic hydroxyl groups is 1. The van der Waals surface area contributed by atoms with E-state index >= 15 is 0 Å². The summed E-state index contributed by atoms with van der Waals surface area (Å²) in [4.78, 5) is 21.8. The van der Waals surface area contributed by atoms with E-state index in [-0.39, 0.29) is 23.6 Å². The second kappa shape index (κ2) is 8.29. The number of amides is 1. The molecule has 2 aromatic carbocycles. The van der Waals surface area contributed by atoms with Gasteiger partial charge in [-0.1, -0.05) is 12.1 Å². The van der Waals surface area contributed by atoms with Crippen molar-refractivity contribution in [3.63, 3.8) is 0 Å². The van der Waals surface area contributed by atoms with Crippen LogP contribution in [0, 0.1) is 10.1 Å². The highest BCUT2D eigenvalue weighted by Gasteiger charge is 2.09. The zero-order valence-electron chi connectivity index (χ0n) is 13.2. The number of nitrogens with zero attached hydrogens (tertiary/aromatic N) is 2. The third kappa shape index (κ3) is 4.93. The van der Waals surface area contributed by atoms with Gasteiger partial charge in [-0.05, 0) is 18.2 Å². The van der Waals surface area contributed by atoms with Crippen molar-refractivity contribution in [1.29, 1.82) is 0 Å². The Labute approximate surface area is 142 Å². The summed E-state index contributed by atoms with van der Waals surface area (Å²) >= 11 is 0. The number of hydrogen-bond donors (Lipinski definition) is 2. The molecule has 0 radical (unpaired) electrons. The van der Waals surface area contributed by atoms with E-state index in [1.807, 2.05) is 0 Å². The summed E-state index contributed by atoms with van der Waals surface area (Å²) in [6.45, 7) is -0.307. The summed E-state index contributed by atoms with van der Waals surface area (Å²) in [5.74, 6) is 0.140. The fraction of sp³-hybridized carbons (Fsp3) is 0.125. The Balaban J connectivity index is 1.92. The standard InChI is InChI=1S/C16H15N3O6/c1-24-14-4-2-3-5-15(14)25-10-16(21)18-17-9-11-8-12(19(22)23)6-7-13(11)20/h2-9,20H,10H2,1H3,(H,18,21)/b17-9+. The number of hydrazone groups is 1. The number of nitro groups is 1. The van der Waals surface area contributed by atoms with Gasteiger partial charge in [-0.15, -0.1) is 0 Å². The van der Waals surface area contributed by atoms with E-state index in [9.17, 15) is 20.0 Å². The van der Waals surface area contributed by atoms with Crippen LogP contribution >= 0.6 is 0 Å². The van der Waals surface area contributed by atoms with Crippen LogP contribution in [0.15, 0.2) is 47.6 Å². The number of phenolic OH excluding ortho intramolecular Hbond substituents is 1. The van der Waals surface area contributed by atoms with Crippen molar-refractivity contribution in [1.82, 2.24) is 5.43 Å². The molecule has 0 fully saturated rings. The van der Waals surface area contributed by atoms with E-state index in [1.54, 1.807) is 24.3 Å². The number of methoxy groups -OCH3 is 1. The predicted octanol–water partition coefficient (Wildman–Crippen LogP) is 1.84. The van der Waals surface area contributed by atoms with Crippen LogP contribution < -0.4 is 14.9 Å². The van der Waals surface area contributed by atoms with Crippen LogP contribution in [0.3, 0.4) is 0 Å². The predicted molar refractivity (Wildman–Crippen MR) is 89.0 cm³/mol. The Morgan fingerprint density at radius 2 is 2.04 bits per heavy atom. The number of carbonyl (C=O) groups excluding carboxylic acids is 1. The van der Waals surface area contributed by atoms with Crippen molar-refractivity contribution in [3.8, 4) is 17.2 Å². The van der Waals surface area contributed by atoms with Crippen LogP contribution in [-0.2, 0) is 4.79 Å². The molecule has 2 aromatic rings. The summed E-state index contributed by atoms with van der Waals surface area (Å²) in [6.07, 6.45) is 1.10. The second-order valence-corrected chi connectivity index (χ2v) is 4.73. The Hall–Kier alpha value is -3.62. The van der Waals surface area contributed by atoms with Crippen molar-refractivity contribution >= 4 is 17.8 Å². The van der Waals surface area contributed by atoms with Gasteiger partial charge in [-0.2, -0.15) is 5.10 Å². The number of rotatable bonds is 7. The zero-order chi connectivity index (χ0) is 18.2. The fourth-order valence-electron chi connectivity index (χ4n) is 1.85. The maximum Gasteiger partial charge on any atom is 0.277 e. The highest BCUT2D eigenvalue weighted by Crippen LogP contribution is 2.25. The fourth-order valence-corrected chi connectivity index (χ4v) is 1.85. The molecule has 0 saturated carbocycles. The second-order valence-electron chi connectivity index (χ2n) is 4.73. The largest absolute Gasteiger partial charge is 0.507 e. The minimum Gasteiger partial charge on any atom is -0.507 e. The molecule has 0 aliphatic heterocycles. The van der Waals surface area contributed by atoms with E-state index in [4.69, 9.17) is 9.47 Å². The van der Waals surface area contributed by atoms with E-state index in [0.717, 1.165) is 18.3 Å². The topological polar surface area (TPSA) is 123 Å². The van der Waals surface area contributed by atoms with Crippen LogP contribution in [0.1, 0.15) is 5.56 Å². The van der Waals surface area contributed by atoms with Crippen LogP contribution in [0.25, 0.3) is 0 Å². The summed E-state index contributed by atoms with van der Waals surface area (Å²) < 4.78 is 10.4. The molecular weight excluding hydrogens is 330 g/mol. The number of carbonyl (C=O) groups is 1. The van der Waals surface area contributed by atoms with Gasteiger partial charge in [0.25, 0.3) is 11.6 Å². The molecule has 9 heteroatoms. The summed E-state index contributed by atoms with van der Waals surface area (Å²) in [5.41, 5.74) is 2.09. The normalized spacial score (nSPS) is 10.4. The van der Waals surface area contributed by atoms with Gasteiger partial charge in [0.15, 0.2) is 18.1 Å². The maximum absolute atomic E-state index is 11.7. The van der Waals surface area contributed by atoms with Crippen molar-refractivity contribution in [2.24, 2.45) is 5.10 Å². The third-order valence-corrected chi connectivity index (χ3v) is 3.04. The molecule has 2 rings (SSSR count). The molecule has 0 heterocycles. The summed E-state index contributed by atoms with van der Waals surface area (Å²) in [5, 5.41) is 24.0. The average Bonchev–Trinajstić information content (AvgIpc) is 2.61. The number of ether oxygens (including phenoxy) is 2. The zero-order valence-corrected chi connectivity index (χ0v) is 13.2. The average molecular weight is 345 g/mol. The van der Waals surface area contributed by atoms with E-state index in [0.29, 0.717) is 11.5 Å². The van der Waals surface area contributed by atoms with E-state index in [1.165, 1.54) is 13.2 Å². The lowest BCUT2D eigenvalue weighted by molar-refractivity contribution is -0.384. The molecular formula is C16H15N3O6. The molecule has 0 aliphatic rings. The van der Waals surface area contributed by atoms with Gasteiger partial charge in [-0.25, -0.2) is 5.43 Å². The van der Waals surface area contributed by atoms with Crippen molar-refractivity contribution in [2.45, 2.75) is 0 Å². The number of hydrogen-bond acceptors (Lipinski definition) is 7. The highest BCUT2D eigenvalue weighted by molar-refractivity contribution is 5.86. The van der Waals surface area contributed by atoms with E-state index < -0.39 is 10.8 Å². The Kier molecular flexibility index (Phi) is 5.88. The highest BCUT2D eigenvalue weighted by atomic mass is 16.6. The van der Waals surface area contributed by atoms with Gasteiger partial charge in [0.05, 0.1) is 18.2 Å². The quantitative estimate of drug-likeness (QED) is 0.448. The first-order valence-electron chi connectivity index (χ1n) is 7.06. The number of non-ortho nitro benzene ring substituents is 1. The minimum atomic E-state index is -0.601.